The van der Waals surface area contributed by atoms with E-state index < -0.39 is 0 Å². The highest BCUT2D eigenvalue weighted by molar-refractivity contribution is 5.66. The highest BCUT2D eigenvalue weighted by Crippen LogP contribution is 2.34. The van der Waals surface area contributed by atoms with Crippen molar-refractivity contribution in [3.8, 4) is 5.75 Å². The second kappa shape index (κ2) is 12.2. The molecule has 0 saturated heterocycles. The van der Waals surface area contributed by atoms with Gasteiger partial charge in [-0.1, -0.05) is 77.5 Å². The first-order valence-corrected chi connectivity index (χ1v) is 11.1. The Kier molecular flexibility index (Phi) is 9.89. The Morgan fingerprint density at radius 2 is 1.73 bits per heavy atom. The second-order valence-corrected chi connectivity index (χ2v) is 8.26. The number of ether oxygens (including phenoxy) is 1. The lowest BCUT2D eigenvalue weighted by Crippen LogP contribution is -2.09. The van der Waals surface area contributed by atoms with Crippen LogP contribution < -0.4 is 4.74 Å². The Balaban J connectivity index is 1.70. The lowest BCUT2D eigenvalue weighted by molar-refractivity contribution is 0.304. The van der Waals surface area contributed by atoms with Gasteiger partial charge in [0.25, 0.3) is 0 Å². The van der Waals surface area contributed by atoms with Crippen LogP contribution in [0.4, 0.5) is 0 Å². The van der Waals surface area contributed by atoms with Crippen molar-refractivity contribution in [3.05, 3.63) is 35.9 Å². The summed E-state index contributed by atoms with van der Waals surface area (Å²) in [5.74, 6) is 2.79. The molecule has 0 fully saturated rings. The summed E-state index contributed by atoms with van der Waals surface area (Å²) in [6.45, 7) is 7.82. The van der Waals surface area contributed by atoms with E-state index >= 15 is 0 Å². The molecule has 146 valence electrons. The molecule has 0 aromatic heterocycles. The summed E-state index contributed by atoms with van der Waals surface area (Å²) in [5.41, 5.74) is 2.92. The van der Waals surface area contributed by atoms with E-state index in [1.165, 1.54) is 81.8 Å². The van der Waals surface area contributed by atoms with E-state index in [4.69, 9.17) is 4.74 Å². The SMILES string of the molecule is CCCCCCCCOc1ccc(C2=CCC(CC(C)CC)CC2)cc1. The first-order chi connectivity index (χ1) is 12.7. The molecule has 0 radical (unpaired) electrons. The third kappa shape index (κ3) is 7.56. The van der Waals surface area contributed by atoms with Crippen LogP contribution in [-0.4, -0.2) is 6.61 Å². The number of unbranched alkanes of at least 4 members (excludes halogenated alkanes) is 5. The first kappa shape index (κ1) is 21.1. The van der Waals surface area contributed by atoms with Gasteiger partial charge < -0.3 is 4.74 Å². The van der Waals surface area contributed by atoms with Gasteiger partial charge in [0.2, 0.25) is 0 Å². The van der Waals surface area contributed by atoms with E-state index in [0.29, 0.717) is 0 Å². The predicted octanol–water partition coefficient (Wildman–Crippen LogP) is 8.05. The molecule has 1 heteroatoms. The standard InChI is InChI=1S/C25H40O/c1-4-6-7-8-9-10-19-26-25-17-15-24(16-18-25)23-13-11-22(12-14-23)20-21(3)5-2/h13,15-18,21-22H,4-12,14,19-20H2,1-3H3. The Morgan fingerprint density at radius 3 is 2.38 bits per heavy atom. The maximum absolute atomic E-state index is 5.91. The highest BCUT2D eigenvalue weighted by atomic mass is 16.5. The van der Waals surface area contributed by atoms with E-state index in [2.05, 4.69) is 51.1 Å². The normalized spacial score (nSPS) is 18.4. The summed E-state index contributed by atoms with van der Waals surface area (Å²) in [7, 11) is 0. The minimum Gasteiger partial charge on any atom is -0.494 e. The van der Waals surface area contributed by atoms with E-state index in [-0.39, 0.29) is 0 Å². The molecule has 0 saturated carbocycles. The quantitative estimate of drug-likeness (QED) is 0.344. The molecule has 1 aliphatic carbocycles. The monoisotopic (exact) mass is 356 g/mol. The predicted molar refractivity (Wildman–Crippen MR) is 115 cm³/mol. The van der Waals surface area contributed by atoms with E-state index in [1.54, 1.807) is 0 Å². The molecule has 1 aromatic rings. The minimum absolute atomic E-state index is 0.853. The second-order valence-electron chi connectivity index (χ2n) is 8.26. The third-order valence-corrected chi connectivity index (χ3v) is 5.94. The van der Waals surface area contributed by atoms with Gasteiger partial charge in [0, 0.05) is 0 Å². The summed E-state index contributed by atoms with van der Waals surface area (Å²) in [6.07, 6.45) is 16.9. The van der Waals surface area contributed by atoms with Gasteiger partial charge in [-0.3, -0.25) is 0 Å². The summed E-state index contributed by atoms with van der Waals surface area (Å²) >= 11 is 0. The van der Waals surface area contributed by atoms with Crippen LogP contribution in [0.1, 0.15) is 97.0 Å². The van der Waals surface area contributed by atoms with Crippen LogP contribution in [0.25, 0.3) is 5.57 Å². The Bertz CT molecular complexity index is 513. The van der Waals surface area contributed by atoms with Crippen molar-refractivity contribution in [2.24, 2.45) is 11.8 Å². The number of hydrogen-bond acceptors (Lipinski definition) is 1. The zero-order valence-corrected chi connectivity index (χ0v) is 17.4. The fraction of sp³-hybridized carbons (Fsp3) is 0.680. The fourth-order valence-electron chi connectivity index (χ4n) is 3.94. The summed E-state index contributed by atoms with van der Waals surface area (Å²) < 4.78 is 5.91. The van der Waals surface area contributed by atoms with Gasteiger partial charge in [-0.15, -0.1) is 0 Å². The van der Waals surface area contributed by atoms with E-state index in [1.807, 2.05) is 0 Å². The average Bonchev–Trinajstić information content (AvgIpc) is 2.68. The van der Waals surface area contributed by atoms with Crippen molar-refractivity contribution in [1.29, 1.82) is 0 Å². The van der Waals surface area contributed by atoms with Crippen molar-refractivity contribution in [3.63, 3.8) is 0 Å². The summed E-state index contributed by atoms with van der Waals surface area (Å²) in [4.78, 5) is 0. The van der Waals surface area contributed by atoms with Crippen LogP contribution in [0.5, 0.6) is 5.75 Å². The molecule has 0 bridgehead atoms. The number of hydrogen-bond donors (Lipinski definition) is 0. The molecule has 0 heterocycles. The van der Waals surface area contributed by atoms with Crippen molar-refractivity contribution >= 4 is 5.57 Å². The van der Waals surface area contributed by atoms with Crippen molar-refractivity contribution in [2.75, 3.05) is 6.61 Å². The Hall–Kier alpha value is -1.24. The molecule has 2 atom stereocenters. The number of allylic oxidation sites excluding steroid dienone is 2. The van der Waals surface area contributed by atoms with Crippen molar-refractivity contribution in [1.82, 2.24) is 0 Å². The zero-order chi connectivity index (χ0) is 18.6. The molecule has 1 nitrogen and oxygen atoms in total. The summed E-state index contributed by atoms with van der Waals surface area (Å²) in [6, 6.07) is 8.80. The van der Waals surface area contributed by atoms with Gasteiger partial charge >= 0.3 is 0 Å². The lowest BCUT2D eigenvalue weighted by Gasteiger charge is -2.24. The highest BCUT2D eigenvalue weighted by Gasteiger charge is 2.17. The lowest BCUT2D eigenvalue weighted by atomic mass is 9.81. The Labute approximate surface area is 162 Å². The van der Waals surface area contributed by atoms with Gasteiger partial charge in [-0.05, 0) is 67.2 Å². The van der Waals surface area contributed by atoms with Gasteiger partial charge in [0.1, 0.15) is 5.75 Å². The van der Waals surface area contributed by atoms with Crippen LogP contribution in [0.15, 0.2) is 30.3 Å². The topological polar surface area (TPSA) is 9.23 Å². The van der Waals surface area contributed by atoms with Gasteiger partial charge in [0.05, 0.1) is 6.61 Å². The van der Waals surface area contributed by atoms with Crippen molar-refractivity contribution in [2.45, 2.75) is 91.4 Å². The molecule has 2 unspecified atom stereocenters. The van der Waals surface area contributed by atoms with E-state index in [9.17, 15) is 0 Å². The maximum Gasteiger partial charge on any atom is 0.119 e. The van der Waals surface area contributed by atoms with Gasteiger partial charge in [-0.2, -0.15) is 0 Å². The molecule has 1 aliphatic rings. The van der Waals surface area contributed by atoms with Crippen molar-refractivity contribution < 1.29 is 4.74 Å². The molecule has 26 heavy (non-hydrogen) atoms. The number of rotatable bonds is 12. The first-order valence-electron chi connectivity index (χ1n) is 11.1. The van der Waals surface area contributed by atoms with Crippen LogP contribution >= 0.6 is 0 Å². The third-order valence-electron chi connectivity index (χ3n) is 5.94. The van der Waals surface area contributed by atoms with Crippen LogP contribution in [-0.2, 0) is 0 Å². The Morgan fingerprint density at radius 1 is 1.00 bits per heavy atom. The summed E-state index contributed by atoms with van der Waals surface area (Å²) in [5, 5.41) is 0. The largest absolute Gasteiger partial charge is 0.494 e. The minimum atomic E-state index is 0.853. The molecule has 0 amide bonds. The molecule has 0 aliphatic heterocycles. The molecular formula is C25H40O. The van der Waals surface area contributed by atoms with Crippen LogP contribution in [0, 0.1) is 11.8 Å². The molecular weight excluding hydrogens is 316 g/mol. The zero-order valence-electron chi connectivity index (χ0n) is 17.4. The van der Waals surface area contributed by atoms with Gasteiger partial charge in [-0.25, -0.2) is 0 Å². The molecule has 0 N–H and O–H groups in total. The molecule has 2 rings (SSSR count). The average molecular weight is 357 g/mol. The van der Waals surface area contributed by atoms with E-state index in [0.717, 1.165) is 24.2 Å². The molecule has 1 aromatic carbocycles. The van der Waals surface area contributed by atoms with Crippen LogP contribution in [0.3, 0.4) is 0 Å². The fourth-order valence-corrected chi connectivity index (χ4v) is 3.94. The molecule has 0 spiro atoms. The maximum atomic E-state index is 5.91. The van der Waals surface area contributed by atoms with Gasteiger partial charge in [0.15, 0.2) is 0 Å². The van der Waals surface area contributed by atoms with Crippen LogP contribution in [0.2, 0.25) is 0 Å². The smallest absolute Gasteiger partial charge is 0.119 e. The number of benzene rings is 1.